The average molecular weight is 488 g/mol. The molecule has 0 unspecified atom stereocenters. The van der Waals surface area contributed by atoms with Crippen molar-refractivity contribution in [2.75, 3.05) is 54.6 Å². The third-order valence-corrected chi connectivity index (χ3v) is 6.59. The van der Waals surface area contributed by atoms with Crippen LogP contribution in [0.1, 0.15) is 10.4 Å². The highest BCUT2D eigenvalue weighted by atomic mass is 16.5. The number of likely N-dealkylation sites (N-methyl/N-ethyl adjacent to an activating group) is 1. The van der Waals surface area contributed by atoms with Crippen LogP contribution in [0.25, 0.3) is 33.6 Å². The van der Waals surface area contributed by atoms with Gasteiger partial charge in [0.2, 0.25) is 5.75 Å². The number of hydrogen-bond acceptors (Lipinski definition) is 7. The van der Waals surface area contributed by atoms with Crippen LogP contribution in [0.15, 0.2) is 59.1 Å². The molecule has 8 heteroatoms. The normalized spacial score (nSPS) is 14.2. The summed E-state index contributed by atoms with van der Waals surface area (Å²) in [6.07, 6.45) is 1.76. The molecular formula is C28H29N3O5. The fourth-order valence-corrected chi connectivity index (χ4v) is 4.52. The number of furan rings is 1. The summed E-state index contributed by atoms with van der Waals surface area (Å²) < 4.78 is 22.7. The number of ether oxygens (including phenoxy) is 3. The molecule has 1 fully saturated rings. The molecule has 0 saturated carbocycles. The SMILES string of the molecule is COc1cc(-c2cc3nccc(-c4ccc(C(=O)N5CCN(C)CC5)cc4)c3o2)cc(OC)c1OC. The Labute approximate surface area is 210 Å². The van der Waals surface area contributed by atoms with Crippen LogP contribution < -0.4 is 14.2 Å². The van der Waals surface area contributed by atoms with E-state index in [0.717, 1.165) is 48.4 Å². The molecule has 0 spiro atoms. The van der Waals surface area contributed by atoms with Crippen molar-refractivity contribution >= 4 is 17.0 Å². The number of carbonyl (C=O) groups excluding carboxylic acids is 1. The maximum atomic E-state index is 12.9. The van der Waals surface area contributed by atoms with E-state index in [9.17, 15) is 4.79 Å². The van der Waals surface area contributed by atoms with Gasteiger partial charge in [-0.3, -0.25) is 9.78 Å². The van der Waals surface area contributed by atoms with Gasteiger partial charge in [0.15, 0.2) is 17.1 Å². The highest BCUT2D eigenvalue weighted by molar-refractivity contribution is 5.96. The van der Waals surface area contributed by atoms with Crippen LogP contribution in [-0.2, 0) is 0 Å². The van der Waals surface area contributed by atoms with E-state index in [2.05, 4.69) is 16.9 Å². The lowest BCUT2D eigenvalue weighted by Crippen LogP contribution is -2.47. The molecule has 1 amide bonds. The number of amides is 1. The molecule has 3 heterocycles. The molecule has 1 aliphatic rings. The van der Waals surface area contributed by atoms with Gasteiger partial charge >= 0.3 is 0 Å². The molecule has 1 aliphatic heterocycles. The van der Waals surface area contributed by atoms with Gasteiger partial charge in [-0.1, -0.05) is 12.1 Å². The zero-order valence-electron chi connectivity index (χ0n) is 20.9. The van der Waals surface area contributed by atoms with Crippen molar-refractivity contribution in [1.82, 2.24) is 14.8 Å². The number of aromatic nitrogens is 1. The standard InChI is InChI=1S/C28H29N3O5/c1-30-11-13-31(14-12-30)28(32)19-7-5-18(6-8-19)21-9-10-29-22-17-23(36-26(21)22)20-15-24(33-2)27(35-4)25(16-20)34-3/h5-10,15-17H,11-14H2,1-4H3. The highest BCUT2D eigenvalue weighted by Gasteiger charge is 2.21. The molecule has 0 bridgehead atoms. The lowest BCUT2D eigenvalue weighted by Gasteiger charge is -2.32. The van der Waals surface area contributed by atoms with E-state index in [-0.39, 0.29) is 5.91 Å². The third kappa shape index (κ3) is 4.35. The van der Waals surface area contributed by atoms with E-state index in [0.29, 0.717) is 34.2 Å². The second-order valence-electron chi connectivity index (χ2n) is 8.77. The molecule has 36 heavy (non-hydrogen) atoms. The zero-order valence-corrected chi connectivity index (χ0v) is 20.9. The Morgan fingerprint density at radius 3 is 2.14 bits per heavy atom. The minimum atomic E-state index is 0.0669. The Balaban J connectivity index is 1.47. The van der Waals surface area contributed by atoms with E-state index in [1.165, 1.54) is 0 Å². The van der Waals surface area contributed by atoms with E-state index >= 15 is 0 Å². The first-order valence-electron chi connectivity index (χ1n) is 11.8. The van der Waals surface area contributed by atoms with Gasteiger partial charge in [0.1, 0.15) is 11.3 Å². The summed E-state index contributed by atoms with van der Waals surface area (Å²) >= 11 is 0. The Kier molecular flexibility index (Phi) is 6.52. The number of pyridine rings is 1. The van der Waals surface area contributed by atoms with Gasteiger partial charge in [0.05, 0.1) is 21.3 Å². The fourth-order valence-electron chi connectivity index (χ4n) is 4.52. The molecule has 186 valence electrons. The van der Waals surface area contributed by atoms with Gasteiger partial charge in [0, 0.05) is 55.1 Å². The molecule has 2 aromatic heterocycles. The van der Waals surface area contributed by atoms with Crippen molar-refractivity contribution in [2.45, 2.75) is 0 Å². The number of methoxy groups -OCH3 is 3. The van der Waals surface area contributed by atoms with Crippen LogP contribution in [0.2, 0.25) is 0 Å². The lowest BCUT2D eigenvalue weighted by molar-refractivity contribution is 0.0664. The van der Waals surface area contributed by atoms with Crippen LogP contribution in [-0.4, -0.2) is 75.2 Å². The Bertz CT molecular complexity index is 1360. The number of rotatable bonds is 6. The number of hydrogen-bond donors (Lipinski definition) is 0. The third-order valence-electron chi connectivity index (χ3n) is 6.59. The Morgan fingerprint density at radius 2 is 1.53 bits per heavy atom. The van der Waals surface area contributed by atoms with Crippen LogP contribution in [0.5, 0.6) is 17.2 Å². The first-order chi connectivity index (χ1) is 17.5. The summed E-state index contributed by atoms with van der Waals surface area (Å²) in [6, 6.07) is 15.2. The van der Waals surface area contributed by atoms with Gasteiger partial charge in [0.25, 0.3) is 5.91 Å². The predicted molar refractivity (Wildman–Crippen MR) is 138 cm³/mol. The minimum Gasteiger partial charge on any atom is -0.493 e. The summed E-state index contributed by atoms with van der Waals surface area (Å²) in [4.78, 5) is 21.6. The van der Waals surface area contributed by atoms with E-state index in [1.807, 2.05) is 53.4 Å². The quantitative estimate of drug-likeness (QED) is 0.394. The summed E-state index contributed by atoms with van der Waals surface area (Å²) in [5.41, 5.74) is 4.71. The second kappa shape index (κ2) is 9.91. The van der Waals surface area contributed by atoms with Gasteiger partial charge < -0.3 is 28.4 Å². The molecule has 2 aromatic carbocycles. The molecule has 5 rings (SSSR count). The van der Waals surface area contributed by atoms with Gasteiger partial charge in [-0.25, -0.2) is 0 Å². The van der Waals surface area contributed by atoms with Crippen molar-refractivity contribution in [1.29, 1.82) is 0 Å². The van der Waals surface area contributed by atoms with Crippen molar-refractivity contribution < 1.29 is 23.4 Å². The van der Waals surface area contributed by atoms with Crippen molar-refractivity contribution in [3.8, 4) is 39.7 Å². The van der Waals surface area contributed by atoms with Gasteiger partial charge in [-0.15, -0.1) is 0 Å². The number of piperazine rings is 1. The Hall–Kier alpha value is -4.04. The monoisotopic (exact) mass is 487 g/mol. The first kappa shape index (κ1) is 23.7. The van der Waals surface area contributed by atoms with E-state index < -0.39 is 0 Å². The minimum absolute atomic E-state index is 0.0669. The maximum Gasteiger partial charge on any atom is 0.253 e. The van der Waals surface area contributed by atoms with Crippen LogP contribution in [0.3, 0.4) is 0 Å². The van der Waals surface area contributed by atoms with E-state index in [1.54, 1.807) is 27.5 Å². The first-order valence-corrected chi connectivity index (χ1v) is 11.8. The molecule has 0 N–H and O–H groups in total. The van der Waals surface area contributed by atoms with E-state index in [4.69, 9.17) is 18.6 Å². The summed E-state index contributed by atoms with van der Waals surface area (Å²) in [5, 5.41) is 0. The summed E-state index contributed by atoms with van der Waals surface area (Å²) in [6.45, 7) is 3.29. The van der Waals surface area contributed by atoms with Crippen LogP contribution >= 0.6 is 0 Å². The van der Waals surface area contributed by atoms with Crippen molar-refractivity contribution in [3.05, 3.63) is 60.3 Å². The Morgan fingerprint density at radius 1 is 0.861 bits per heavy atom. The summed E-state index contributed by atoms with van der Waals surface area (Å²) in [7, 11) is 6.81. The van der Waals surface area contributed by atoms with Crippen LogP contribution in [0.4, 0.5) is 0 Å². The molecule has 1 saturated heterocycles. The number of carbonyl (C=O) groups is 1. The molecule has 0 radical (unpaired) electrons. The van der Waals surface area contributed by atoms with Crippen molar-refractivity contribution in [2.24, 2.45) is 0 Å². The molecule has 8 nitrogen and oxygen atoms in total. The highest BCUT2D eigenvalue weighted by Crippen LogP contribution is 2.42. The predicted octanol–water partition coefficient (Wildman–Crippen LogP) is 4.58. The number of fused-ring (bicyclic) bond motifs is 1. The van der Waals surface area contributed by atoms with Crippen LogP contribution in [0, 0.1) is 0 Å². The lowest BCUT2D eigenvalue weighted by atomic mass is 10.0. The maximum absolute atomic E-state index is 12.9. The molecular weight excluding hydrogens is 458 g/mol. The zero-order chi connectivity index (χ0) is 25.2. The smallest absolute Gasteiger partial charge is 0.253 e. The fraction of sp³-hybridized carbons (Fsp3) is 0.286. The second-order valence-corrected chi connectivity index (χ2v) is 8.77. The average Bonchev–Trinajstić information content (AvgIpc) is 3.37. The topological polar surface area (TPSA) is 77.3 Å². The van der Waals surface area contributed by atoms with Gasteiger partial charge in [-0.2, -0.15) is 0 Å². The number of benzene rings is 2. The summed E-state index contributed by atoms with van der Waals surface area (Å²) in [5.74, 6) is 2.30. The molecule has 0 aliphatic carbocycles. The van der Waals surface area contributed by atoms with Crippen molar-refractivity contribution in [3.63, 3.8) is 0 Å². The molecule has 4 aromatic rings. The number of nitrogens with zero attached hydrogens (tertiary/aromatic N) is 3. The van der Waals surface area contributed by atoms with Gasteiger partial charge in [-0.05, 0) is 42.9 Å². The largest absolute Gasteiger partial charge is 0.493 e. The molecule has 0 atom stereocenters.